The topological polar surface area (TPSA) is 36.9 Å². The SMILES string of the molecule is [B][C@@H]1O[C@]2(COC)COC1CC2OC. The van der Waals surface area contributed by atoms with Crippen molar-refractivity contribution < 1.29 is 18.9 Å². The Kier molecular flexibility index (Phi) is 2.84. The highest BCUT2D eigenvalue weighted by Crippen LogP contribution is 2.37. The minimum Gasteiger partial charge on any atom is -0.381 e. The van der Waals surface area contributed by atoms with Crippen LogP contribution in [0.15, 0.2) is 0 Å². The molecule has 14 heavy (non-hydrogen) atoms. The van der Waals surface area contributed by atoms with Crippen molar-refractivity contribution in [3.8, 4) is 0 Å². The first-order valence-electron chi connectivity index (χ1n) is 4.78. The van der Waals surface area contributed by atoms with Crippen molar-refractivity contribution in [2.75, 3.05) is 27.4 Å². The van der Waals surface area contributed by atoms with Crippen molar-refractivity contribution >= 4 is 7.85 Å². The van der Waals surface area contributed by atoms with Crippen molar-refractivity contribution in [2.45, 2.75) is 30.2 Å². The monoisotopic (exact) mass is 198 g/mol. The standard InChI is InChI=1S/C9H15BO4/c1-11-4-9-5-13-6(8(10)14-9)3-7(9)12-2/h6-8H,3-5H2,1-2H3/t6?,7?,8-,9-/m1/s1. The Morgan fingerprint density at radius 1 is 1.50 bits per heavy atom. The highest BCUT2D eigenvalue weighted by molar-refractivity contribution is 6.11. The molecule has 0 aromatic rings. The first-order chi connectivity index (χ1) is 6.72. The van der Waals surface area contributed by atoms with E-state index in [1.54, 1.807) is 14.2 Å². The quantitative estimate of drug-likeness (QED) is 0.583. The molecule has 2 bridgehead atoms. The molecule has 3 fully saturated rings. The van der Waals surface area contributed by atoms with E-state index >= 15 is 0 Å². The fraction of sp³-hybridized carbons (Fsp3) is 1.00. The summed E-state index contributed by atoms with van der Waals surface area (Å²) >= 11 is 0. The molecule has 2 unspecified atom stereocenters. The van der Waals surface area contributed by atoms with Crippen molar-refractivity contribution in [1.82, 2.24) is 0 Å². The minimum atomic E-state index is -0.516. The van der Waals surface area contributed by atoms with Crippen LogP contribution < -0.4 is 0 Å². The van der Waals surface area contributed by atoms with Gasteiger partial charge in [-0.3, -0.25) is 0 Å². The molecule has 0 N–H and O–H groups in total. The molecule has 3 saturated heterocycles. The number of hydrogen-bond acceptors (Lipinski definition) is 4. The van der Waals surface area contributed by atoms with Gasteiger partial charge in [0, 0.05) is 26.6 Å². The largest absolute Gasteiger partial charge is 0.381 e. The van der Waals surface area contributed by atoms with Gasteiger partial charge >= 0.3 is 0 Å². The second-order valence-corrected chi connectivity index (χ2v) is 3.89. The van der Waals surface area contributed by atoms with Gasteiger partial charge in [-0.2, -0.15) is 0 Å². The summed E-state index contributed by atoms with van der Waals surface area (Å²) < 4.78 is 21.8. The molecule has 0 saturated carbocycles. The molecule has 0 spiro atoms. The predicted molar refractivity (Wildman–Crippen MR) is 50.4 cm³/mol. The van der Waals surface area contributed by atoms with Crippen molar-refractivity contribution in [1.29, 1.82) is 0 Å². The number of hydrogen-bond donors (Lipinski definition) is 0. The van der Waals surface area contributed by atoms with Gasteiger partial charge in [0.2, 0.25) is 0 Å². The van der Waals surface area contributed by atoms with Crippen LogP contribution in [0, 0.1) is 0 Å². The third-order valence-electron chi connectivity index (χ3n) is 2.99. The summed E-state index contributed by atoms with van der Waals surface area (Å²) in [5.74, 6) is 0. The van der Waals surface area contributed by atoms with Crippen molar-refractivity contribution in [2.24, 2.45) is 0 Å². The van der Waals surface area contributed by atoms with E-state index in [9.17, 15) is 0 Å². The molecule has 3 rings (SSSR count). The van der Waals surface area contributed by atoms with E-state index in [1.807, 2.05) is 0 Å². The van der Waals surface area contributed by atoms with Gasteiger partial charge in [0.15, 0.2) is 0 Å². The molecule has 78 valence electrons. The summed E-state index contributed by atoms with van der Waals surface area (Å²) in [4.78, 5) is 0. The lowest BCUT2D eigenvalue weighted by atomic mass is 9.78. The van der Waals surface area contributed by atoms with Gasteiger partial charge in [0.05, 0.1) is 25.4 Å². The van der Waals surface area contributed by atoms with Crippen LogP contribution in [0.5, 0.6) is 0 Å². The first-order valence-corrected chi connectivity index (χ1v) is 4.78. The molecule has 0 aromatic carbocycles. The zero-order valence-corrected chi connectivity index (χ0v) is 8.56. The molecule has 4 nitrogen and oxygen atoms in total. The van der Waals surface area contributed by atoms with E-state index in [4.69, 9.17) is 26.8 Å². The van der Waals surface area contributed by atoms with Crippen LogP contribution in [0.4, 0.5) is 0 Å². The summed E-state index contributed by atoms with van der Waals surface area (Å²) in [7, 11) is 9.11. The molecule has 3 aliphatic rings. The maximum atomic E-state index is 5.79. The lowest BCUT2D eigenvalue weighted by Crippen LogP contribution is -2.67. The van der Waals surface area contributed by atoms with E-state index in [0.717, 1.165) is 6.42 Å². The van der Waals surface area contributed by atoms with Crippen LogP contribution >= 0.6 is 0 Å². The molecule has 0 aromatic heterocycles. The second-order valence-electron chi connectivity index (χ2n) is 3.89. The van der Waals surface area contributed by atoms with Crippen LogP contribution in [0.3, 0.4) is 0 Å². The van der Waals surface area contributed by atoms with Crippen LogP contribution in [0.25, 0.3) is 0 Å². The molecular formula is C9H15BO4. The second kappa shape index (κ2) is 3.81. The molecule has 0 aliphatic carbocycles. The fourth-order valence-corrected chi connectivity index (χ4v) is 2.24. The third-order valence-corrected chi connectivity index (χ3v) is 2.99. The van der Waals surface area contributed by atoms with E-state index < -0.39 is 5.60 Å². The van der Waals surface area contributed by atoms with Crippen LogP contribution in [0.2, 0.25) is 0 Å². The number of rotatable bonds is 3. The highest BCUT2D eigenvalue weighted by Gasteiger charge is 2.53. The average molecular weight is 198 g/mol. The van der Waals surface area contributed by atoms with Crippen molar-refractivity contribution in [3.05, 3.63) is 0 Å². The smallest absolute Gasteiger partial charge is 0.140 e. The average Bonchev–Trinajstić information content (AvgIpc) is 2.18. The number of ether oxygens (including phenoxy) is 4. The lowest BCUT2D eigenvalue weighted by Gasteiger charge is -2.53. The van der Waals surface area contributed by atoms with E-state index in [2.05, 4.69) is 0 Å². The normalized spacial score (nSPS) is 46.9. The van der Waals surface area contributed by atoms with Gasteiger partial charge in [-0.25, -0.2) is 0 Å². The Hall–Kier alpha value is -0.0951. The highest BCUT2D eigenvalue weighted by atomic mass is 16.6. The lowest BCUT2D eigenvalue weighted by molar-refractivity contribution is -0.303. The van der Waals surface area contributed by atoms with Crippen LogP contribution in [-0.2, 0) is 18.9 Å². The summed E-state index contributed by atoms with van der Waals surface area (Å²) in [6.07, 6.45) is 0.751. The summed E-state index contributed by atoms with van der Waals surface area (Å²) in [6, 6.07) is -0.356. The van der Waals surface area contributed by atoms with Gasteiger partial charge in [0.1, 0.15) is 13.4 Å². The van der Waals surface area contributed by atoms with E-state index in [-0.39, 0.29) is 18.2 Å². The molecule has 0 amide bonds. The van der Waals surface area contributed by atoms with Gasteiger partial charge in [-0.15, -0.1) is 0 Å². The molecule has 5 heteroatoms. The van der Waals surface area contributed by atoms with Gasteiger partial charge in [-0.05, 0) is 0 Å². The van der Waals surface area contributed by atoms with Crippen LogP contribution in [0.1, 0.15) is 6.42 Å². The van der Waals surface area contributed by atoms with Crippen LogP contribution in [-0.4, -0.2) is 59.1 Å². The van der Waals surface area contributed by atoms with Gasteiger partial charge in [-0.1, -0.05) is 0 Å². The summed E-state index contributed by atoms with van der Waals surface area (Å²) in [5.41, 5.74) is -0.516. The Labute approximate surface area is 85.3 Å². The van der Waals surface area contributed by atoms with E-state index in [1.165, 1.54) is 0 Å². The molecule has 2 radical (unpaired) electrons. The first kappa shape index (κ1) is 10.4. The Morgan fingerprint density at radius 2 is 2.29 bits per heavy atom. The number of methoxy groups -OCH3 is 2. The molecule has 4 atom stereocenters. The molecular weight excluding hydrogens is 183 g/mol. The summed E-state index contributed by atoms with van der Waals surface area (Å²) in [6.45, 7) is 0.948. The Balaban J connectivity index is 2.15. The molecule has 3 heterocycles. The third kappa shape index (κ3) is 1.48. The Morgan fingerprint density at radius 3 is 2.86 bits per heavy atom. The fourth-order valence-electron chi connectivity index (χ4n) is 2.24. The number of fused-ring (bicyclic) bond motifs is 3. The predicted octanol–water partition coefficient (Wildman–Crippen LogP) is -0.300. The maximum Gasteiger partial charge on any atom is 0.140 e. The van der Waals surface area contributed by atoms with Gasteiger partial charge in [0.25, 0.3) is 0 Å². The van der Waals surface area contributed by atoms with Gasteiger partial charge < -0.3 is 18.9 Å². The zero-order chi connectivity index (χ0) is 10.2. The van der Waals surface area contributed by atoms with E-state index in [0.29, 0.717) is 13.2 Å². The zero-order valence-electron chi connectivity index (χ0n) is 8.56. The Bertz CT molecular complexity index is 209. The minimum absolute atomic E-state index is 0.0148. The maximum absolute atomic E-state index is 5.79. The molecule has 3 aliphatic heterocycles. The van der Waals surface area contributed by atoms with Crippen molar-refractivity contribution in [3.63, 3.8) is 0 Å². The summed E-state index contributed by atoms with van der Waals surface area (Å²) in [5, 5.41) is 0.